The van der Waals surface area contributed by atoms with Gasteiger partial charge in [-0.05, 0) is 43.7 Å². The molecule has 3 heterocycles. The monoisotopic (exact) mass is 392 g/mol. The average Bonchev–Trinajstić information content (AvgIpc) is 3.41. The normalized spacial score (nSPS) is 21.0. The third-order valence-electron chi connectivity index (χ3n) is 6.43. The molecule has 1 N–H and O–H groups in total. The number of aromatic nitrogens is 5. The zero-order chi connectivity index (χ0) is 19.6. The summed E-state index contributed by atoms with van der Waals surface area (Å²) in [4.78, 5) is 23.1. The Bertz CT molecular complexity index is 953. The first-order valence-corrected chi connectivity index (χ1v) is 10.9. The number of hydrogen-bond acceptors (Lipinski definition) is 4. The molecule has 2 aliphatic rings. The molecule has 1 aliphatic carbocycles. The molecular weight excluding hydrogens is 364 g/mol. The lowest BCUT2D eigenvalue weighted by molar-refractivity contribution is 0.0698. The topological polar surface area (TPSA) is 79.7 Å². The molecule has 1 saturated heterocycles. The maximum Gasteiger partial charge on any atom is 0.276 e. The Hall–Kier alpha value is -2.70. The van der Waals surface area contributed by atoms with Gasteiger partial charge < -0.3 is 9.88 Å². The van der Waals surface area contributed by atoms with Crippen LogP contribution in [-0.2, 0) is 6.54 Å². The number of nitrogens with one attached hydrogen (secondary N) is 1. The zero-order valence-corrected chi connectivity index (χ0v) is 16.8. The Morgan fingerprint density at radius 2 is 1.97 bits per heavy atom. The second-order valence-corrected chi connectivity index (χ2v) is 8.56. The number of rotatable bonds is 4. The van der Waals surface area contributed by atoms with Crippen molar-refractivity contribution in [2.75, 3.05) is 13.1 Å². The number of imidazole rings is 1. The highest BCUT2D eigenvalue weighted by Gasteiger charge is 2.29. The van der Waals surface area contributed by atoms with Crippen molar-refractivity contribution in [3.63, 3.8) is 0 Å². The summed E-state index contributed by atoms with van der Waals surface area (Å²) in [7, 11) is 0. The van der Waals surface area contributed by atoms with Crippen molar-refractivity contribution in [2.24, 2.45) is 5.92 Å². The minimum Gasteiger partial charge on any atom is -0.342 e. The SMILES string of the molecule is O=C(c1cn(CC2CCCCC2)nn1)N1CCCC(c2nc3ccccc3[nH]2)C1. The number of hydrogen-bond donors (Lipinski definition) is 1. The second-order valence-electron chi connectivity index (χ2n) is 8.56. The number of carbonyl (C=O) groups excluding carboxylic acids is 1. The lowest BCUT2D eigenvalue weighted by Gasteiger charge is -2.31. The van der Waals surface area contributed by atoms with Crippen molar-refractivity contribution >= 4 is 16.9 Å². The highest BCUT2D eigenvalue weighted by Crippen LogP contribution is 2.28. The van der Waals surface area contributed by atoms with E-state index in [4.69, 9.17) is 4.98 Å². The predicted molar refractivity (Wildman–Crippen MR) is 111 cm³/mol. The van der Waals surface area contributed by atoms with E-state index in [1.54, 1.807) is 0 Å². The molecule has 1 atom stereocenters. The van der Waals surface area contributed by atoms with Crippen LogP contribution in [0.2, 0.25) is 0 Å². The van der Waals surface area contributed by atoms with E-state index in [0.717, 1.165) is 42.8 Å². The van der Waals surface area contributed by atoms with E-state index in [-0.39, 0.29) is 11.8 Å². The van der Waals surface area contributed by atoms with Crippen LogP contribution < -0.4 is 0 Å². The van der Waals surface area contributed by atoms with Gasteiger partial charge >= 0.3 is 0 Å². The smallest absolute Gasteiger partial charge is 0.276 e. The molecule has 0 bridgehead atoms. The molecule has 5 rings (SSSR count). The van der Waals surface area contributed by atoms with Crippen molar-refractivity contribution in [1.29, 1.82) is 0 Å². The van der Waals surface area contributed by atoms with E-state index in [0.29, 0.717) is 18.2 Å². The lowest BCUT2D eigenvalue weighted by atomic mass is 9.89. The van der Waals surface area contributed by atoms with Gasteiger partial charge in [0.15, 0.2) is 5.69 Å². The lowest BCUT2D eigenvalue weighted by Crippen LogP contribution is -2.39. The predicted octanol–water partition coefficient (Wildman–Crippen LogP) is 3.75. The van der Waals surface area contributed by atoms with Crippen molar-refractivity contribution in [3.05, 3.63) is 42.0 Å². The van der Waals surface area contributed by atoms with Gasteiger partial charge in [0, 0.05) is 25.6 Å². The fourth-order valence-electron chi connectivity index (χ4n) is 4.83. The molecule has 1 unspecified atom stereocenters. The van der Waals surface area contributed by atoms with Crippen LogP contribution in [0.3, 0.4) is 0 Å². The molecule has 7 heteroatoms. The van der Waals surface area contributed by atoms with Crippen molar-refractivity contribution in [3.8, 4) is 0 Å². The number of fused-ring (bicyclic) bond motifs is 1. The Morgan fingerprint density at radius 1 is 1.10 bits per heavy atom. The maximum atomic E-state index is 13.0. The van der Waals surface area contributed by atoms with Gasteiger partial charge in [-0.25, -0.2) is 4.98 Å². The Morgan fingerprint density at radius 3 is 2.83 bits per heavy atom. The van der Waals surface area contributed by atoms with Gasteiger partial charge in [0.2, 0.25) is 0 Å². The molecule has 152 valence electrons. The fraction of sp³-hybridized carbons (Fsp3) is 0.545. The van der Waals surface area contributed by atoms with Gasteiger partial charge in [-0.15, -0.1) is 5.10 Å². The number of likely N-dealkylation sites (tertiary alicyclic amines) is 1. The average molecular weight is 393 g/mol. The number of nitrogens with zero attached hydrogens (tertiary/aromatic N) is 5. The van der Waals surface area contributed by atoms with E-state index in [1.165, 1.54) is 32.1 Å². The van der Waals surface area contributed by atoms with E-state index < -0.39 is 0 Å². The minimum atomic E-state index is -0.0132. The Labute approximate surface area is 170 Å². The molecule has 1 amide bonds. The van der Waals surface area contributed by atoms with E-state index in [2.05, 4.69) is 15.3 Å². The summed E-state index contributed by atoms with van der Waals surface area (Å²) in [6.07, 6.45) is 10.3. The standard InChI is InChI=1S/C22H28N6O/c29-22(20-15-28(26-25-20)13-16-7-2-1-3-8-16)27-12-6-9-17(14-27)21-23-18-10-4-5-11-19(18)24-21/h4-5,10-11,15-17H,1-3,6-9,12-14H2,(H,23,24). The molecular formula is C22H28N6O. The van der Waals surface area contributed by atoms with Crippen molar-refractivity contribution in [2.45, 2.75) is 57.4 Å². The van der Waals surface area contributed by atoms with E-state index >= 15 is 0 Å². The second kappa shape index (κ2) is 7.97. The first-order valence-electron chi connectivity index (χ1n) is 10.9. The molecule has 2 fully saturated rings. The summed E-state index contributed by atoms with van der Waals surface area (Å²) < 4.78 is 1.86. The summed E-state index contributed by atoms with van der Waals surface area (Å²) in [6.45, 7) is 2.32. The number of amides is 1. The van der Waals surface area contributed by atoms with Crippen LogP contribution in [0.1, 0.15) is 67.2 Å². The third-order valence-corrected chi connectivity index (χ3v) is 6.43. The van der Waals surface area contributed by atoms with Crippen molar-refractivity contribution < 1.29 is 4.79 Å². The number of benzene rings is 1. The molecule has 1 aromatic carbocycles. The van der Waals surface area contributed by atoms with E-state index in [9.17, 15) is 4.79 Å². The maximum absolute atomic E-state index is 13.0. The number of aromatic amines is 1. The van der Waals surface area contributed by atoms with E-state index in [1.807, 2.05) is 40.0 Å². The zero-order valence-electron chi connectivity index (χ0n) is 16.8. The molecule has 7 nitrogen and oxygen atoms in total. The number of H-pyrrole nitrogens is 1. The quantitative estimate of drug-likeness (QED) is 0.733. The molecule has 0 radical (unpaired) electrons. The number of piperidine rings is 1. The third kappa shape index (κ3) is 3.91. The minimum absolute atomic E-state index is 0.0132. The Kier molecular flexibility index (Phi) is 5.04. The van der Waals surface area contributed by atoms with Crippen LogP contribution in [0.4, 0.5) is 0 Å². The molecule has 0 spiro atoms. The first-order chi connectivity index (χ1) is 14.3. The van der Waals surface area contributed by atoms with Crippen LogP contribution >= 0.6 is 0 Å². The van der Waals surface area contributed by atoms with Crippen LogP contribution in [0.15, 0.2) is 30.5 Å². The van der Waals surface area contributed by atoms with Crippen LogP contribution in [-0.4, -0.2) is 48.9 Å². The van der Waals surface area contributed by atoms with Gasteiger partial charge in [-0.3, -0.25) is 9.48 Å². The summed E-state index contributed by atoms with van der Waals surface area (Å²) in [5, 5.41) is 8.42. The summed E-state index contributed by atoms with van der Waals surface area (Å²) >= 11 is 0. The Balaban J connectivity index is 1.26. The molecule has 29 heavy (non-hydrogen) atoms. The molecule has 2 aromatic heterocycles. The summed E-state index contributed by atoms with van der Waals surface area (Å²) in [5.74, 6) is 1.86. The largest absolute Gasteiger partial charge is 0.342 e. The van der Waals surface area contributed by atoms with Crippen LogP contribution in [0.25, 0.3) is 11.0 Å². The summed E-state index contributed by atoms with van der Waals surface area (Å²) in [5.41, 5.74) is 2.50. The van der Waals surface area contributed by atoms with Gasteiger partial charge in [0.05, 0.1) is 17.2 Å². The van der Waals surface area contributed by atoms with Crippen LogP contribution in [0.5, 0.6) is 0 Å². The fourth-order valence-corrected chi connectivity index (χ4v) is 4.83. The number of para-hydroxylation sites is 2. The first kappa shape index (κ1) is 18.3. The van der Waals surface area contributed by atoms with Gasteiger partial charge in [0.25, 0.3) is 5.91 Å². The number of carbonyl (C=O) groups is 1. The molecule has 1 saturated carbocycles. The van der Waals surface area contributed by atoms with Crippen molar-refractivity contribution in [1.82, 2.24) is 29.9 Å². The highest BCUT2D eigenvalue weighted by molar-refractivity contribution is 5.92. The highest BCUT2D eigenvalue weighted by atomic mass is 16.2. The van der Waals surface area contributed by atoms with Gasteiger partial charge in [0.1, 0.15) is 5.82 Å². The van der Waals surface area contributed by atoms with Crippen LogP contribution in [0, 0.1) is 5.92 Å². The molecule has 3 aromatic rings. The van der Waals surface area contributed by atoms with Gasteiger partial charge in [-0.2, -0.15) is 0 Å². The molecule has 1 aliphatic heterocycles. The summed E-state index contributed by atoms with van der Waals surface area (Å²) in [6, 6.07) is 8.08. The van der Waals surface area contributed by atoms with Gasteiger partial charge in [-0.1, -0.05) is 36.6 Å².